The van der Waals surface area contributed by atoms with Crippen molar-refractivity contribution in [3.05, 3.63) is 59.4 Å². The van der Waals surface area contributed by atoms with E-state index in [2.05, 4.69) is 5.32 Å². The number of rotatable bonds is 8. The van der Waals surface area contributed by atoms with Crippen molar-refractivity contribution in [3.63, 3.8) is 0 Å². The van der Waals surface area contributed by atoms with Crippen LogP contribution >= 0.6 is 0 Å². The Kier molecular flexibility index (Phi) is 7.37. The van der Waals surface area contributed by atoms with Gasteiger partial charge in [-0.1, -0.05) is 12.1 Å². The van der Waals surface area contributed by atoms with Crippen LogP contribution in [0.4, 0.5) is 4.39 Å². The first-order valence-corrected chi connectivity index (χ1v) is 8.90. The lowest BCUT2D eigenvalue weighted by atomic mass is 10.1. The third-order valence-corrected chi connectivity index (χ3v) is 3.87. The van der Waals surface area contributed by atoms with E-state index in [1.165, 1.54) is 24.1 Å². The fourth-order valence-corrected chi connectivity index (χ4v) is 2.63. The monoisotopic (exact) mass is 388 g/mol. The van der Waals surface area contributed by atoms with E-state index in [1.54, 1.807) is 37.4 Å². The summed E-state index contributed by atoms with van der Waals surface area (Å²) in [5.41, 5.74) is 1.09. The highest BCUT2D eigenvalue weighted by molar-refractivity contribution is 5.94. The lowest BCUT2D eigenvalue weighted by molar-refractivity contribution is -0.123. The summed E-state index contributed by atoms with van der Waals surface area (Å²) in [5, 5.41) is 2.73. The molecule has 2 aromatic carbocycles. The number of carbonyl (C=O) groups excluding carboxylic acids is 2. The predicted molar refractivity (Wildman–Crippen MR) is 104 cm³/mol. The predicted octanol–water partition coefficient (Wildman–Crippen LogP) is 3.01. The molecule has 0 saturated heterocycles. The van der Waals surface area contributed by atoms with Crippen molar-refractivity contribution in [1.29, 1.82) is 0 Å². The van der Waals surface area contributed by atoms with Gasteiger partial charge in [-0.05, 0) is 49.7 Å². The number of carbonyl (C=O) groups is 2. The average molecular weight is 388 g/mol. The van der Waals surface area contributed by atoms with E-state index >= 15 is 0 Å². The number of amides is 2. The number of halogens is 1. The topological polar surface area (TPSA) is 67.9 Å². The largest absolute Gasteiger partial charge is 0.493 e. The standard InChI is InChI=1S/C21H25FN2O4/c1-14(2)23-20(25)13-28-18-9-8-16(11-19(18)27-4)21(26)24(3)12-15-6-5-7-17(22)10-15/h5-11,14H,12-13H2,1-4H3,(H,23,25). The van der Waals surface area contributed by atoms with Crippen LogP contribution in [0.1, 0.15) is 29.8 Å². The van der Waals surface area contributed by atoms with Crippen LogP contribution in [0.15, 0.2) is 42.5 Å². The molecule has 2 aromatic rings. The van der Waals surface area contributed by atoms with Crippen molar-refractivity contribution < 1.29 is 23.5 Å². The fourth-order valence-electron chi connectivity index (χ4n) is 2.63. The summed E-state index contributed by atoms with van der Waals surface area (Å²) < 4.78 is 24.1. The van der Waals surface area contributed by atoms with Gasteiger partial charge in [0, 0.05) is 25.2 Å². The van der Waals surface area contributed by atoms with Gasteiger partial charge < -0.3 is 19.7 Å². The van der Waals surface area contributed by atoms with Crippen molar-refractivity contribution >= 4 is 11.8 Å². The zero-order valence-corrected chi connectivity index (χ0v) is 16.5. The van der Waals surface area contributed by atoms with Crippen molar-refractivity contribution in [3.8, 4) is 11.5 Å². The molecule has 0 saturated carbocycles. The van der Waals surface area contributed by atoms with Gasteiger partial charge >= 0.3 is 0 Å². The quantitative estimate of drug-likeness (QED) is 0.755. The maximum atomic E-state index is 13.3. The number of nitrogens with zero attached hydrogens (tertiary/aromatic N) is 1. The van der Waals surface area contributed by atoms with Gasteiger partial charge in [0.25, 0.3) is 11.8 Å². The lowest BCUT2D eigenvalue weighted by Gasteiger charge is -2.18. The molecule has 0 aliphatic heterocycles. The summed E-state index contributed by atoms with van der Waals surface area (Å²) in [7, 11) is 3.10. The third-order valence-electron chi connectivity index (χ3n) is 3.87. The van der Waals surface area contributed by atoms with Crippen LogP contribution in [0.3, 0.4) is 0 Å². The molecule has 28 heavy (non-hydrogen) atoms. The molecule has 6 nitrogen and oxygen atoms in total. The van der Waals surface area contributed by atoms with E-state index in [1.807, 2.05) is 13.8 Å². The summed E-state index contributed by atoms with van der Waals surface area (Å²) >= 11 is 0. The summed E-state index contributed by atoms with van der Waals surface area (Å²) in [4.78, 5) is 25.9. The Morgan fingerprint density at radius 2 is 1.89 bits per heavy atom. The van der Waals surface area contributed by atoms with Crippen LogP contribution in [0.5, 0.6) is 11.5 Å². The molecule has 0 aromatic heterocycles. The number of ether oxygens (including phenoxy) is 2. The molecule has 150 valence electrons. The second-order valence-corrected chi connectivity index (χ2v) is 6.67. The van der Waals surface area contributed by atoms with Crippen LogP contribution in [-0.4, -0.2) is 43.5 Å². The second kappa shape index (κ2) is 9.73. The summed E-state index contributed by atoms with van der Waals surface area (Å²) in [5.74, 6) is -0.116. The summed E-state index contributed by atoms with van der Waals surface area (Å²) in [6.45, 7) is 3.84. The van der Waals surface area contributed by atoms with Crippen molar-refractivity contribution in [2.45, 2.75) is 26.4 Å². The summed E-state index contributed by atoms with van der Waals surface area (Å²) in [6.07, 6.45) is 0. The maximum Gasteiger partial charge on any atom is 0.258 e. The van der Waals surface area contributed by atoms with Gasteiger partial charge in [0.1, 0.15) is 5.82 Å². The molecule has 7 heteroatoms. The van der Waals surface area contributed by atoms with Gasteiger partial charge in [-0.3, -0.25) is 9.59 Å². The first-order chi connectivity index (χ1) is 13.3. The van der Waals surface area contributed by atoms with Gasteiger partial charge in [0.05, 0.1) is 7.11 Å². The molecular formula is C21H25FN2O4. The fraction of sp³-hybridized carbons (Fsp3) is 0.333. The Morgan fingerprint density at radius 1 is 1.14 bits per heavy atom. The molecule has 0 heterocycles. The molecule has 2 amide bonds. The number of hydrogen-bond donors (Lipinski definition) is 1. The van der Waals surface area contributed by atoms with Crippen LogP contribution in [-0.2, 0) is 11.3 Å². The second-order valence-electron chi connectivity index (χ2n) is 6.67. The lowest BCUT2D eigenvalue weighted by Crippen LogP contribution is -2.34. The Labute approximate surface area is 164 Å². The van der Waals surface area contributed by atoms with E-state index in [9.17, 15) is 14.0 Å². The van der Waals surface area contributed by atoms with Crippen molar-refractivity contribution in [1.82, 2.24) is 10.2 Å². The number of methoxy groups -OCH3 is 1. The van der Waals surface area contributed by atoms with Gasteiger partial charge in [0.2, 0.25) is 0 Å². The van der Waals surface area contributed by atoms with Gasteiger partial charge in [-0.15, -0.1) is 0 Å². The molecule has 0 bridgehead atoms. The van der Waals surface area contributed by atoms with Gasteiger partial charge in [-0.25, -0.2) is 4.39 Å². The van der Waals surface area contributed by atoms with E-state index in [0.717, 1.165) is 0 Å². The summed E-state index contributed by atoms with van der Waals surface area (Å²) in [6, 6.07) is 10.9. The maximum absolute atomic E-state index is 13.3. The van der Waals surface area contributed by atoms with Gasteiger partial charge in [0.15, 0.2) is 18.1 Å². The minimum atomic E-state index is -0.344. The highest BCUT2D eigenvalue weighted by atomic mass is 19.1. The molecule has 0 atom stereocenters. The SMILES string of the molecule is COc1cc(C(=O)N(C)Cc2cccc(F)c2)ccc1OCC(=O)NC(C)C. The van der Waals surface area contributed by atoms with Crippen molar-refractivity contribution in [2.24, 2.45) is 0 Å². The number of benzene rings is 2. The zero-order chi connectivity index (χ0) is 20.7. The molecule has 0 spiro atoms. The molecule has 0 aliphatic carbocycles. The van der Waals surface area contributed by atoms with E-state index in [4.69, 9.17) is 9.47 Å². The molecule has 0 fully saturated rings. The van der Waals surface area contributed by atoms with E-state index in [-0.39, 0.29) is 36.8 Å². The normalized spacial score (nSPS) is 10.5. The first kappa shape index (κ1) is 21.2. The molecule has 0 aliphatic rings. The molecule has 2 rings (SSSR count). The van der Waals surface area contributed by atoms with Crippen LogP contribution in [0, 0.1) is 5.82 Å². The van der Waals surface area contributed by atoms with E-state index in [0.29, 0.717) is 22.6 Å². The minimum Gasteiger partial charge on any atom is -0.493 e. The Hall–Kier alpha value is -3.09. The Bertz CT molecular complexity index is 839. The number of nitrogens with one attached hydrogen (secondary N) is 1. The minimum absolute atomic E-state index is 0.0200. The number of hydrogen-bond acceptors (Lipinski definition) is 4. The third kappa shape index (κ3) is 5.97. The van der Waals surface area contributed by atoms with Crippen LogP contribution in [0.2, 0.25) is 0 Å². The smallest absolute Gasteiger partial charge is 0.258 e. The molecular weight excluding hydrogens is 363 g/mol. The van der Waals surface area contributed by atoms with Crippen LogP contribution < -0.4 is 14.8 Å². The Balaban J connectivity index is 2.07. The molecule has 0 radical (unpaired) electrons. The zero-order valence-electron chi connectivity index (χ0n) is 16.5. The molecule has 1 N–H and O–H groups in total. The molecule has 0 unspecified atom stereocenters. The van der Waals surface area contributed by atoms with Gasteiger partial charge in [-0.2, -0.15) is 0 Å². The average Bonchev–Trinajstić information content (AvgIpc) is 2.65. The highest BCUT2D eigenvalue weighted by Gasteiger charge is 2.16. The Morgan fingerprint density at radius 3 is 2.54 bits per heavy atom. The van der Waals surface area contributed by atoms with Crippen molar-refractivity contribution in [2.75, 3.05) is 20.8 Å². The van der Waals surface area contributed by atoms with Crippen LogP contribution in [0.25, 0.3) is 0 Å². The first-order valence-electron chi connectivity index (χ1n) is 8.90. The van der Waals surface area contributed by atoms with E-state index < -0.39 is 0 Å². The highest BCUT2D eigenvalue weighted by Crippen LogP contribution is 2.28.